The number of rotatable bonds is 6. The van der Waals surface area contributed by atoms with Crippen molar-refractivity contribution in [2.24, 2.45) is 0 Å². The molecule has 0 amide bonds. The number of pyridine rings is 1. The lowest BCUT2D eigenvalue weighted by molar-refractivity contribution is -0.613. The summed E-state index contributed by atoms with van der Waals surface area (Å²) in [5.41, 5.74) is 9.09. The number of ether oxygens (including phenoxy) is 1. The van der Waals surface area contributed by atoms with Crippen molar-refractivity contribution in [3.8, 4) is 5.75 Å². The quantitative estimate of drug-likeness (QED) is 0.288. The molecule has 8 nitrogen and oxygen atoms in total. The maximum absolute atomic E-state index is 12.4. The number of nitrogens with two attached hydrogens (primary N) is 1. The topological polar surface area (TPSA) is 100 Å². The molecule has 1 aliphatic heterocycles. The number of anilines is 2. The number of methoxy groups -OCH3 is 1. The van der Waals surface area contributed by atoms with E-state index in [2.05, 4.69) is 48.7 Å². The van der Waals surface area contributed by atoms with Gasteiger partial charge in [0.2, 0.25) is 11.6 Å². The first-order valence-electron chi connectivity index (χ1n) is 10.7. The molecular formula is C22H34ClN5O3Si. The van der Waals surface area contributed by atoms with Crippen LogP contribution in [0.4, 0.5) is 11.8 Å². The van der Waals surface area contributed by atoms with E-state index in [0.717, 1.165) is 21.4 Å². The Morgan fingerprint density at radius 3 is 2.56 bits per heavy atom. The number of nitrogens with zero attached hydrogens (tertiary/aromatic N) is 4. The number of halogens is 1. The zero-order valence-electron chi connectivity index (χ0n) is 20.2. The largest absolute Gasteiger partial charge is 0.618 e. The highest BCUT2D eigenvalue weighted by atomic mass is 35.5. The molecule has 2 aromatic heterocycles. The van der Waals surface area contributed by atoms with Gasteiger partial charge in [0.1, 0.15) is 11.0 Å². The van der Waals surface area contributed by atoms with Crippen LogP contribution in [-0.4, -0.2) is 38.5 Å². The molecule has 0 aliphatic carbocycles. The Balaban J connectivity index is 1.94. The van der Waals surface area contributed by atoms with E-state index in [1.807, 2.05) is 6.92 Å². The molecule has 176 valence electrons. The molecule has 32 heavy (non-hydrogen) atoms. The van der Waals surface area contributed by atoms with Crippen LogP contribution in [0.3, 0.4) is 0 Å². The van der Waals surface area contributed by atoms with E-state index in [-0.39, 0.29) is 16.9 Å². The lowest BCUT2D eigenvalue weighted by Crippen LogP contribution is -2.42. The predicted molar refractivity (Wildman–Crippen MR) is 130 cm³/mol. The van der Waals surface area contributed by atoms with Crippen molar-refractivity contribution in [2.75, 3.05) is 30.9 Å². The zero-order valence-corrected chi connectivity index (χ0v) is 22.0. The van der Waals surface area contributed by atoms with Crippen molar-refractivity contribution < 1.29 is 13.9 Å². The minimum atomic E-state index is -1.94. The van der Waals surface area contributed by atoms with Crippen LogP contribution < -0.4 is 20.1 Å². The number of hydrogen-bond acceptors (Lipinski definition) is 7. The zero-order chi connectivity index (χ0) is 24.0. The number of nitrogen functional groups attached to an aromatic ring is 1. The molecule has 0 fully saturated rings. The third-order valence-corrected chi connectivity index (χ3v) is 11.6. The number of aromatic nitrogens is 3. The molecule has 0 bridgehead atoms. The van der Waals surface area contributed by atoms with Crippen molar-refractivity contribution in [2.45, 2.75) is 65.2 Å². The minimum absolute atomic E-state index is 0.0132. The monoisotopic (exact) mass is 479 g/mol. The van der Waals surface area contributed by atoms with Crippen LogP contribution >= 0.6 is 11.6 Å². The lowest BCUT2D eigenvalue weighted by Gasteiger charge is -2.37. The Kier molecular flexibility index (Phi) is 6.66. The second-order valence-corrected chi connectivity index (χ2v) is 15.1. The summed E-state index contributed by atoms with van der Waals surface area (Å²) in [6.45, 7) is 16.5. The van der Waals surface area contributed by atoms with E-state index in [4.69, 9.17) is 26.5 Å². The summed E-state index contributed by atoms with van der Waals surface area (Å²) >= 11 is 6.53. The first kappa shape index (κ1) is 24.5. The summed E-state index contributed by atoms with van der Waals surface area (Å²) in [4.78, 5) is 10.8. The highest BCUT2D eigenvalue weighted by Crippen LogP contribution is 2.43. The molecule has 0 saturated heterocycles. The summed E-state index contributed by atoms with van der Waals surface area (Å²) in [7, 11) is -0.366. The van der Waals surface area contributed by atoms with E-state index in [0.29, 0.717) is 42.1 Å². The van der Waals surface area contributed by atoms with Crippen molar-refractivity contribution in [1.82, 2.24) is 9.97 Å². The molecule has 1 atom stereocenters. The van der Waals surface area contributed by atoms with Gasteiger partial charge in [-0.15, -0.1) is 0 Å². The fraction of sp³-hybridized carbons (Fsp3) is 0.591. The Morgan fingerprint density at radius 2 is 1.97 bits per heavy atom. The van der Waals surface area contributed by atoms with Crippen molar-refractivity contribution in [3.63, 3.8) is 0 Å². The molecule has 0 radical (unpaired) electrons. The maximum Gasteiger partial charge on any atom is 0.232 e. The minimum Gasteiger partial charge on any atom is -0.618 e. The average molecular weight is 480 g/mol. The summed E-state index contributed by atoms with van der Waals surface area (Å²) < 4.78 is 12.8. The summed E-state index contributed by atoms with van der Waals surface area (Å²) in [6, 6.07) is 0. The van der Waals surface area contributed by atoms with Gasteiger partial charge in [-0.1, -0.05) is 32.4 Å². The van der Waals surface area contributed by atoms with E-state index in [1.54, 1.807) is 20.2 Å². The second-order valence-electron chi connectivity index (χ2n) is 9.98. The fourth-order valence-corrected chi connectivity index (χ4v) is 5.18. The third-order valence-electron chi connectivity index (χ3n) is 6.82. The van der Waals surface area contributed by atoms with Gasteiger partial charge in [-0.2, -0.15) is 9.71 Å². The second kappa shape index (κ2) is 8.68. The SMILES string of the molecule is COc1c(C)c(CN2CC(CO[Si](C)(C)C(C)(C)C)c3c(Cl)nc(N)nc32)c[n+]([O-])c1C. The molecule has 2 aromatic rings. The molecule has 10 heteroatoms. The van der Waals surface area contributed by atoms with Gasteiger partial charge in [0.25, 0.3) is 0 Å². The van der Waals surface area contributed by atoms with Gasteiger partial charge in [0, 0.05) is 42.7 Å². The Hall–Kier alpha value is -2.10. The van der Waals surface area contributed by atoms with Crippen LogP contribution in [0.2, 0.25) is 23.3 Å². The molecule has 0 saturated carbocycles. The Labute approximate surface area is 196 Å². The third kappa shape index (κ3) is 4.51. The van der Waals surface area contributed by atoms with E-state index in [1.165, 1.54) is 0 Å². The first-order valence-corrected chi connectivity index (χ1v) is 14.0. The molecule has 1 aliphatic rings. The predicted octanol–water partition coefficient (Wildman–Crippen LogP) is 4.10. The van der Waals surface area contributed by atoms with E-state index < -0.39 is 8.32 Å². The van der Waals surface area contributed by atoms with E-state index in [9.17, 15) is 5.21 Å². The van der Waals surface area contributed by atoms with E-state index >= 15 is 0 Å². The Morgan fingerprint density at radius 1 is 1.31 bits per heavy atom. The van der Waals surface area contributed by atoms with Gasteiger partial charge in [-0.25, -0.2) is 4.98 Å². The molecular weight excluding hydrogens is 446 g/mol. The highest BCUT2D eigenvalue weighted by molar-refractivity contribution is 6.74. The van der Waals surface area contributed by atoms with Crippen LogP contribution in [0.5, 0.6) is 5.75 Å². The molecule has 0 spiro atoms. The maximum atomic E-state index is 12.4. The van der Waals surface area contributed by atoms with Crippen LogP contribution in [-0.2, 0) is 11.0 Å². The van der Waals surface area contributed by atoms with Crippen molar-refractivity contribution in [3.05, 3.63) is 38.9 Å². The standard InChI is InChI=1S/C22H34ClN5O3Si/c1-13-15(11-28(29)14(2)18(13)30-6)9-27-10-16(12-31-32(7,8)22(3,4)5)17-19(23)25-21(24)26-20(17)27/h11,16H,9-10,12H2,1-8H3,(H2,24,25,26). The van der Waals surface area contributed by atoms with Gasteiger partial charge in [0.05, 0.1) is 13.7 Å². The van der Waals surface area contributed by atoms with Gasteiger partial charge < -0.3 is 25.0 Å². The molecule has 3 rings (SSSR count). The smallest absolute Gasteiger partial charge is 0.232 e. The molecule has 0 aromatic carbocycles. The van der Waals surface area contributed by atoms with Crippen LogP contribution in [0.1, 0.15) is 49.1 Å². The molecule has 3 heterocycles. The summed E-state index contributed by atoms with van der Waals surface area (Å²) in [5.74, 6) is 1.43. The normalized spacial score (nSPS) is 16.4. The van der Waals surface area contributed by atoms with Crippen LogP contribution in [0.15, 0.2) is 6.20 Å². The summed E-state index contributed by atoms with van der Waals surface area (Å²) in [6.07, 6.45) is 1.60. The van der Waals surface area contributed by atoms with Crippen LogP contribution in [0.25, 0.3) is 0 Å². The number of hydrogen-bond donors (Lipinski definition) is 1. The highest BCUT2D eigenvalue weighted by Gasteiger charge is 2.40. The Bertz CT molecular complexity index is 1030. The lowest BCUT2D eigenvalue weighted by atomic mass is 10.1. The van der Waals surface area contributed by atoms with Crippen LogP contribution in [0, 0.1) is 19.1 Å². The van der Waals surface area contributed by atoms with Crippen molar-refractivity contribution in [1.29, 1.82) is 0 Å². The van der Waals surface area contributed by atoms with Gasteiger partial charge in [-0.3, -0.25) is 0 Å². The number of fused-ring (bicyclic) bond motifs is 1. The summed E-state index contributed by atoms with van der Waals surface area (Å²) in [5, 5.41) is 12.9. The molecule has 2 N–H and O–H groups in total. The fourth-order valence-electron chi connectivity index (χ4n) is 3.80. The average Bonchev–Trinajstić information content (AvgIpc) is 3.02. The van der Waals surface area contributed by atoms with Crippen molar-refractivity contribution >= 4 is 31.7 Å². The first-order chi connectivity index (χ1) is 14.8. The van der Waals surface area contributed by atoms with Gasteiger partial charge in [0.15, 0.2) is 20.3 Å². The van der Waals surface area contributed by atoms with Gasteiger partial charge in [-0.05, 0) is 25.1 Å². The molecule has 1 unspecified atom stereocenters. The van der Waals surface area contributed by atoms with Gasteiger partial charge >= 0.3 is 0 Å².